The molecule has 15 aliphatic carbocycles. The summed E-state index contributed by atoms with van der Waals surface area (Å²) in [4.78, 5) is 30.0. The molecule has 3 aromatic rings. The van der Waals surface area contributed by atoms with Crippen LogP contribution in [0.2, 0.25) is 0 Å². The molecule has 3 aromatic carbocycles. The van der Waals surface area contributed by atoms with Gasteiger partial charge in [-0.25, -0.2) is 4.79 Å². The average Bonchev–Trinajstić information content (AvgIpc) is 1.61. The third kappa shape index (κ3) is 7.76. The Labute approximate surface area is 527 Å². The Bertz CT molecular complexity index is 3520. The Morgan fingerprint density at radius 2 is 1.62 bits per heavy atom. The SMILES string of the molecule is CNC1Cc2c(cccc2CO)C#CC23CCC(Cc4cccc5c4C=CC4CCCC54c4cccc(c4)CCC4CCC5(C4)CC4(C=O)C6CCC7(C2)C2C8=CC(=O)OC8C1CC2CC7(O)C6(O)C(O)C1CC(C(C)C2CCCC2)CCC(C5O)C14O)C3. The zero-order valence-corrected chi connectivity index (χ0v) is 52.8. The molecule has 10 fully saturated rings. The quantitative estimate of drug-likeness (QED) is 0.0739. The summed E-state index contributed by atoms with van der Waals surface area (Å²) >= 11 is 0. The molecule has 10 heteroatoms. The second kappa shape index (κ2) is 20.5. The van der Waals surface area contributed by atoms with Crippen molar-refractivity contribution in [3.8, 4) is 11.8 Å². The van der Waals surface area contributed by atoms with Crippen LogP contribution >= 0.6 is 0 Å². The van der Waals surface area contributed by atoms with Gasteiger partial charge in [0.1, 0.15) is 23.6 Å². The lowest BCUT2D eigenvalue weighted by atomic mass is 9.32. The molecule has 1 aliphatic heterocycles. The first-order valence-electron chi connectivity index (χ1n) is 35.8. The summed E-state index contributed by atoms with van der Waals surface area (Å²) in [5.41, 5.74) is -0.0780. The van der Waals surface area contributed by atoms with E-state index in [2.05, 4.69) is 84.8 Å². The van der Waals surface area contributed by atoms with Crippen molar-refractivity contribution in [1.82, 2.24) is 5.32 Å². The first-order chi connectivity index (χ1) is 43.0. The van der Waals surface area contributed by atoms with Crippen molar-refractivity contribution in [2.45, 2.75) is 227 Å². The molecule has 23 unspecified atom stereocenters. The van der Waals surface area contributed by atoms with Crippen LogP contribution < -0.4 is 5.32 Å². The zero-order chi connectivity index (χ0) is 60.8. The molecule has 1 heterocycles. The highest BCUT2D eigenvalue weighted by molar-refractivity contribution is 5.86. The van der Waals surface area contributed by atoms with E-state index in [1.54, 1.807) is 6.08 Å². The van der Waals surface area contributed by atoms with Gasteiger partial charge in [0.15, 0.2) is 0 Å². The van der Waals surface area contributed by atoms with Gasteiger partial charge in [-0.2, -0.15) is 0 Å². The summed E-state index contributed by atoms with van der Waals surface area (Å²) in [7, 11) is 1.96. The molecule has 89 heavy (non-hydrogen) atoms. The molecule has 472 valence electrons. The molecule has 4 spiro atoms. The van der Waals surface area contributed by atoms with Crippen molar-refractivity contribution in [2.24, 2.45) is 92.7 Å². The Kier molecular flexibility index (Phi) is 13.5. The maximum Gasteiger partial charge on any atom is 0.331 e. The topological polar surface area (TPSA) is 177 Å². The predicted octanol–water partition coefficient (Wildman–Crippen LogP) is 11.2. The zero-order valence-electron chi connectivity index (χ0n) is 52.8. The highest BCUT2D eigenvalue weighted by Gasteiger charge is 2.87. The van der Waals surface area contributed by atoms with Crippen LogP contribution in [0.25, 0.3) is 6.08 Å². The highest BCUT2D eigenvalue weighted by Crippen LogP contribution is 2.80. The van der Waals surface area contributed by atoms with Crippen molar-refractivity contribution in [1.29, 1.82) is 0 Å². The average molecular weight is 1200 g/mol. The summed E-state index contributed by atoms with van der Waals surface area (Å²) in [5.74, 6) is 5.60. The number of ether oxygens (including phenoxy) is 1. The van der Waals surface area contributed by atoms with Gasteiger partial charge >= 0.3 is 5.97 Å². The molecule has 0 radical (unpaired) electrons. The third-order valence-corrected chi connectivity index (χ3v) is 30.2. The Hall–Kier alpha value is -4.44. The van der Waals surface area contributed by atoms with Gasteiger partial charge in [-0.05, 0) is 245 Å². The van der Waals surface area contributed by atoms with Crippen LogP contribution in [-0.2, 0) is 45.6 Å². The number of rotatable bonds is 5. The number of fused-ring (bicyclic) bond motifs is 3. The number of esters is 1. The molecular formula is C79H97NO9. The van der Waals surface area contributed by atoms with E-state index in [-0.39, 0.29) is 72.8 Å². The van der Waals surface area contributed by atoms with Crippen molar-refractivity contribution in [3.63, 3.8) is 0 Å². The number of benzene rings is 3. The van der Waals surface area contributed by atoms with Crippen LogP contribution in [0.1, 0.15) is 199 Å². The Balaban J connectivity index is 0.899. The van der Waals surface area contributed by atoms with Crippen LogP contribution in [0.5, 0.6) is 0 Å². The number of aryl methyl sites for hydroxylation is 1. The second-order valence-corrected chi connectivity index (χ2v) is 33.2. The van der Waals surface area contributed by atoms with Gasteiger partial charge in [0.2, 0.25) is 0 Å². The summed E-state index contributed by atoms with van der Waals surface area (Å²) in [6, 6.07) is 22.5. The van der Waals surface area contributed by atoms with Crippen LogP contribution in [0, 0.1) is 105 Å². The Morgan fingerprint density at radius 1 is 0.787 bits per heavy atom. The number of aliphatic hydroxyl groups excluding tert-OH is 3. The first-order valence-corrected chi connectivity index (χ1v) is 35.8. The largest absolute Gasteiger partial charge is 0.454 e. The molecule has 0 amide bonds. The number of likely N-dealkylation sites (N-methyl/N-ethyl adjacent to an activating group) is 1. The molecule has 10 saturated carbocycles. The van der Waals surface area contributed by atoms with E-state index in [0.29, 0.717) is 63.2 Å². The van der Waals surface area contributed by atoms with Crippen LogP contribution in [0.3, 0.4) is 0 Å². The second-order valence-electron chi connectivity index (χ2n) is 33.2. The summed E-state index contributed by atoms with van der Waals surface area (Å²) in [5, 5.41) is 88.5. The number of aliphatic hydroxyl groups is 6. The van der Waals surface area contributed by atoms with Gasteiger partial charge in [0.25, 0.3) is 0 Å². The number of hydrogen-bond donors (Lipinski definition) is 7. The Morgan fingerprint density at radius 3 is 2.45 bits per heavy atom. The number of carbonyl (C=O) groups excluding carboxylic acids is 2. The van der Waals surface area contributed by atoms with E-state index in [4.69, 9.17) is 4.74 Å². The number of nitrogens with one attached hydrogen (secondary N) is 1. The molecule has 7 N–H and O–H groups in total. The molecule has 17 bridgehead atoms. The molecule has 0 aromatic heterocycles. The minimum absolute atomic E-state index is 0.0596. The van der Waals surface area contributed by atoms with E-state index in [1.165, 1.54) is 47.1 Å². The minimum Gasteiger partial charge on any atom is -0.454 e. The minimum atomic E-state index is -2.29. The lowest BCUT2D eigenvalue weighted by Crippen LogP contribution is -2.86. The molecule has 10 nitrogen and oxygen atoms in total. The maximum atomic E-state index is 15.7. The number of aldehydes is 1. The summed E-state index contributed by atoms with van der Waals surface area (Å²) < 4.78 is 6.60. The van der Waals surface area contributed by atoms with Crippen molar-refractivity contribution in [2.75, 3.05) is 7.05 Å². The lowest BCUT2D eigenvalue weighted by Gasteiger charge is -2.75. The highest BCUT2D eigenvalue weighted by atomic mass is 16.5. The van der Waals surface area contributed by atoms with Gasteiger partial charge in [0.05, 0.1) is 29.8 Å². The summed E-state index contributed by atoms with van der Waals surface area (Å²) in [6.45, 7) is 2.22. The predicted molar refractivity (Wildman–Crippen MR) is 340 cm³/mol. The molecular weight excluding hydrogens is 1110 g/mol. The van der Waals surface area contributed by atoms with E-state index in [0.717, 1.165) is 106 Å². The van der Waals surface area contributed by atoms with E-state index in [1.807, 2.05) is 19.2 Å². The van der Waals surface area contributed by atoms with Gasteiger partial charge in [-0.1, -0.05) is 118 Å². The van der Waals surface area contributed by atoms with Crippen molar-refractivity contribution >= 4 is 18.3 Å². The summed E-state index contributed by atoms with van der Waals surface area (Å²) in [6.07, 6.45) is 24.2. The van der Waals surface area contributed by atoms with Crippen LogP contribution in [-0.4, -0.2) is 91.1 Å². The molecule has 16 aliphatic rings. The van der Waals surface area contributed by atoms with Gasteiger partial charge < -0.3 is 45.5 Å². The standard InChI is InChI=1S/C79H97NO9/c1-46(50-10-3-4-11-50)52-20-23-63-70(84)73-31-25-48(40-73)19-18-47-9-5-15-57(34-47)76-28-8-16-56(76)21-22-58-53(13-7-17-62(58)76)33-49-24-29-72(39-49)30-26-51-12-6-14-54(42-81)59(51)37-65(80-2)60-35-55-41-77(86)74(43-72,68(55)61-38-67(83)89-69(60)61)32-27-66-75(44-73,45-82)78(63,87)64(36-52)71(85)79(66,77)88/h5-7,9,12-15,17,21-22,34,38,45-46,48-50,52,55-56,60,63-66,68-71,80-81,84-88H,3-4,8,10-11,16,18-20,23-25,27-29,31-33,35-37,39-44H2,1-2H3. The normalized spacial score (nSPS) is 47.4. The molecule has 19 rings (SSSR count). The lowest BCUT2D eigenvalue weighted by molar-refractivity contribution is -0.385. The number of carbonyl (C=O) groups is 2. The number of allylic oxidation sites excluding steroid dienone is 1. The van der Waals surface area contributed by atoms with Gasteiger partial charge in [-0.3, -0.25) is 0 Å². The molecule has 23 atom stereocenters. The fraction of sp³-hybridized carbons (Fsp3) is 0.671. The maximum absolute atomic E-state index is 15.7. The van der Waals surface area contributed by atoms with Crippen LogP contribution in [0.4, 0.5) is 0 Å². The smallest absolute Gasteiger partial charge is 0.331 e. The third-order valence-electron chi connectivity index (χ3n) is 30.2. The van der Waals surface area contributed by atoms with E-state index in [9.17, 15) is 25.2 Å². The monoisotopic (exact) mass is 1200 g/mol. The fourth-order valence-corrected chi connectivity index (χ4v) is 26.6. The molecule has 0 saturated heterocycles. The van der Waals surface area contributed by atoms with Gasteiger partial charge in [-0.15, -0.1) is 0 Å². The van der Waals surface area contributed by atoms with Gasteiger partial charge in [0, 0.05) is 57.6 Å². The van der Waals surface area contributed by atoms with Crippen LogP contribution in [0.15, 0.2) is 78.4 Å². The number of hydrogen-bond acceptors (Lipinski definition) is 10. The van der Waals surface area contributed by atoms with E-state index >= 15 is 15.0 Å². The van der Waals surface area contributed by atoms with Crippen molar-refractivity contribution < 1.29 is 45.0 Å². The first kappa shape index (κ1) is 58.4. The fourth-order valence-electron chi connectivity index (χ4n) is 26.6. The van der Waals surface area contributed by atoms with Crippen molar-refractivity contribution in [3.05, 3.63) is 123 Å². The van der Waals surface area contributed by atoms with E-state index < -0.39 is 86.4 Å².